The zero-order chi connectivity index (χ0) is 14.7. The van der Waals surface area contributed by atoms with Crippen LogP contribution in [0.3, 0.4) is 0 Å². The van der Waals surface area contributed by atoms with Crippen LogP contribution in [0.15, 0.2) is 36.8 Å². The normalized spacial score (nSPS) is 11.1. The summed E-state index contributed by atoms with van der Waals surface area (Å²) < 4.78 is 9.79. The van der Waals surface area contributed by atoms with E-state index in [1.54, 1.807) is 6.33 Å². The first-order valence-electron chi connectivity index (χ1n) is 7.40. The van der Waals surface area contributed by atoms with Gasteiger partial charge in [-0.15, -0.1) is 0 Å². The summed E-state index contributed by atoms with van der Waals surface area (Å²) in [6, 6.07) is 8.33. The highest BCUT2D eigenvalue weighted by atomic mass is 16.5. The number of hydrogen-bond donors (Lipinski definition) is 0. The second-order valence-corrected chi connectivity index (χ2v) is 5.00. The van der Waals surface area contributed by atoms with Crippen LogP contribution in [0.1, 0.15) is 26.1 Å². The molecule has 0 fully saturated rings. The van der Waals surface area contributed by atoms with Gasteiger partial charge in [0, 0.05) is 23.6 Å². The molecule has 0 aliphatic rings. The molecule has 3 rings (SSSR count). The third-order valence-corrected chi connectivity index (χ3v) is 3.52. The fourth-order valence-electron chi connectivity index (χ4n) is 2.45. The van der Waals surface area contributed by atoms with E-state index in [0.29, 0.717) is 0 Å². The van der Waals surface area contributed by atoms with E-state index in [9.17, 15) is 0 Å². The summed E-state index contributed by atoms with van der Waals surface area (Å²) >= 11 is 0. The second kappa shape index (κ2) is 5.99. The maximum Gasteiger partial charge on any atom is 0.146 e. The van der Waals surface area contributed by atoms with Gasteiger partial charge in [-0.2, -0.15) is 5.10 Å². The van der Waals surface area contributed by atoms with Crippen molar-refractivity contribution < 1.29 is 4.74 Å². The minimum Gasteiger partial charge on any atom is -0.494 e. The molecule has 0 spiro atoms. The van der Waals surface area contributed by atoms with Crippen molar-refractivity contribution >= 4 is 10.9 Å². The Balaban J connectivity index is 1.86. The molecule has 0 amide bonds. The predicted molar refractivity (Wildman–Crippen MR) is 82.5 cm³/mol. The first-order chi connectivity index (χ1) is 10.3. The lowest BCUT2D eigenvalue weighted by Crippen LogP contribution is -2.08. The van der Waals surface area contributed by atoms with Crippen LogP contribution in [0, 0.1) is 0 Å². The number of nitrogens with zero attached hydrogens (tertiary/aromatic N) is 4. The van der Waals surface area contributed by atoms with Crippen LogP contribution in [-0.4, -0.2) is 25.9 Å². The summed E-state index contributed by atoms with van der Waals surface area (Å²) in [5, 5.41) is 5.40. The minimum atomic E-state index is 0.729. The molecule has 0 unspecified atom stereocenters. The SMILES string of the molecule is CCCOc1ccc2c(ccn2Cc2ncnn2CC)c1. The van der Waals surface area contributed by atoms with E-state index in [2.05, 4.69) is 52.9 Å². The molecule has 0 bridgehead atoms. The highest BCUT2D eigenvalue weighted by Crippen LogP contribution is 2.22. The molecule has 1 aromatic carbocycles. The molecule has 21 heavy (non-hydrogen) atoms. The number of hydrogen-bond acceptors (Lipinski definition) is 3. The smallest absolute Gasteiger partial charge is 0.146 e. The molecule has 5 heteroatoms. The lowest BCUT2D eigenvalue weighted by Gasteiger charge is -2.08. The number of fused-ring (bicyclic) bond motifs is 1. The predicted octanol–water partition coefficient (Wildman–Crippen LogP) is 3.09. The molecular weight excluding hydrogens is 264 g/mol. The number of aryl methyl sites for hydroxylation is 1. The van der Waals surface area contributed by atoms with Crippen LogP contribution in [0.5, 0.6) is 5.75 Å². The van der Waals surface area contributed by atoms with Crippen molar-refractivity contribution in [2.45, 2.75) is 33.4 Å². The third-order valence-electron chi connectivity index (χ3n) is 3.52. The van der Waals surface area contributed by atoms with Gasteiger partial charge in [0.2, 0.25) is 0 Å². The van der Waals surface area contributed by atoms with Crippen molar-refractivity contribution in [3.8, 4) is 5.75 Å². The van der Waals surface area contributed by atoms with E-state index >= 15 is 0 Å². The lowest BCUT2D eigenvalue weighted by atomic mass is 10.2. The third kappa shape index (κ3) is 2.77. The average Bonchev–Trinajstić information content (AvgIpc) is 3.12. The summed E-state index contributed by atoms with van der Waals surface area (Å²) in [6.07, 6.45) is 4.72. The highest BCUT2D eigenvalue weighted by Gasteiger charge is 2.07. The Morgan fingerprint density at radius 1 is 1.19 bits per heavy atom. The topological polar surface area (TPSA) is 44.9 Å². The molecular formula is C16H20N4O. The number of rotatable bonds is 6. The molecule has 2 heterocycles. The first-order valence-corrected chi connectivity index (χ1v) is 7.40. The quantitative estimate of drug-likeness (QED) is 0.698. The van der Waals surface area contributed by atoms with E-state index in [1.807, 2.05) is 10.7 Å². The summed E-state index contributed by atoms with van der Waals surface area (Å²) in [5.74, 6) is 1.90. The van der Waals surface area contributed by atoms with Gasteiger partial charge >= 0.3 is 0 Å². The first kappa shape index (κ1) is 13.7. The lowest BCUT2D eigenvalue weighted by molar-refractivity contribution is 0.318. The maximum absolute atomic E-state index is 5.68. The van der Waals surface area contributed by atoms with Gasteiger partial charge in [0.25, 0.3) is 0 Å². The summed E-state index contributed by atoms with van der Waals surface area (Å²) in [5.41, 5.74) is 1.18. The fourth-order valence-corrected chi connectivity index (χ4v) is 2.45. The summed E-state index contributed by atoms with van der Waals surface area (Å²) in [4.78, 5) is 4.33. The van der Waals surface area contributed by atoms with Crippen LogP contribution < -0.4 is 4.74 Å². The Bertz CT molecular complexity index is 729. The van der Waals surface area contributed by atoms with Crippen molar-refractivity contribution in [1.82, 2.24) is 19.3 Å². The van der Waals surface area contributed by atoms with Crippen LogP contribution >= 0.6 is 0 Å². The summed E-state index contributed by atoms with van der Waals surface area (Å²) in [7, 11) is 0. The second-order valence-electron chi connectivity index (χ2n) is 5.00. The maximum atomic E-state index is 5.68. The van der Waals surface area contributed by atoms with Gasteiger partial charge in [0.1, 0.15) is 17.9 Å². The Morgan fingerprint density at radius 3 is 2.90 bits per heavy atom. The summed E-state index contributed by atoms with van der Waals surface area (Å²) in [6.45, 7) is 6.50. The van der Waals surface area contributed by atoms with Gasteiger partial charge in [-0.05, 0) is 37.6 Å². The van der Waals surface area contributed by atoms with Gasteiger partial charge in [-0.25, -0.2) is 9.67 Å². The van der Waals surface area contributed by atoms with Crippen molar-refractivity contribution in [2.24, 2.45) is 0 Å². The van der Waals surface area contributed by atoms with Crippen LogP contribution in [0.25, 0.3) is 10.9 Å². The van der Waals surface area contributed by atoms with Crippen molar-refractivity contribution in [3.05, 3.63) is 42.6 Å². The molecule has 0 aliphatic carbocycles. The monoisotopic (exact) mass is 284 g/mol. The number of ether oxygens (including phenoxy) is 1. The molecule has 0 aliphatic heterocycles. The van der Waals surface area contributed by atoms with E-state index < -0.39 is 0 Å². The van der Waals surface area contributed by atoms with Crippen LogP contribution in [0.2, 0.25) is 0 Å². The van der Waals surface area contributed by atoms with E-state index in [1.165, 1.54) is 10.9 Å². The molecule has 0 saturated heterocycles. The molecule has 0 saturated carbocycles. The van der Waals surface area contributed by atoms with Crippen LogP contribution in [0.4, 0.5) is 0 Å². The molecule has 2 aromatic heterocycles. The average molecular weight is 284 g/mol. The zero-order valence-corrected chi connectivity index (χ0v) is 12.5. The number of aromatic nitrogens is 4. The van der Waals surface area contributed by atoms with Gasteiger partial charge in [-0.3, -0.25) is 0 Å². The Labute approximate surface area is 124 Å². The van der Waals surface area contributed by atoms with E-state index in [4.69, 9.17) is 4.74 Å². The highest BCUT2D eigenvalue weighted by molar-refractivity contribution is 5.81. The Kier molecular flexibility index (Phi) is 3.90. The van der Waals surface area contributed by atoms with Crippen molar-refractivity contribution in [3.63, 3.8) is 0 Å². The van der Waals surface area contributed by atoms with Gasteiger partial charge in [0.05, 0.1) is 13.2 Å². The molecule has 5 nitrogen and oxygen atoms in total. The van der Waals surface area contributed by atoms with Crippen LogP contribution in [-0.2, 0) is 13.1 Å². The van der Waals surface area contributed by atoms with Gasteiger partial charge < -0.3 is 9.30 Å². The Morgan fingerprint density at radius 2 is 2.10 bits per heavy atom. The standard InChI is InChI=1S/C16H20N4O/c1-3-9-21-14-5-6-15-13(10-14)7-8-19(15)11-16-17-12-18-20(16)4-2/h5-8,10,12H,3-4,9,11H2,1-2H3. The molecule has 0 N–H and O–H groups in total. The zero-order valence-electron chi connectivity index (χ0n) is 12.5. The molecule has 0 radical (unpaired) electrons. The van der Waals surface area contributed by atoms with Gasteiger partial charge in [-0.1, -0.05) is 6.92 Å². The number of benzene rings is 1. The molecule has 0 atom stereocenters. The Hall–Kier alpha value is -2.30. The van der Waals surface area contributed by atoms with Crippen molar-refractivity contribution in [2.75, 3.05) is 6.61 Å². The molecule has 110 valence electrons. The minimum absolute atomic E-state index is 0.729. The van der Waals surface area contributed by atoms with E-state index in [0.717, 1.165) is 37.7 Å². The van der Waals surface area contributed by atoms with Gasteiger partial charge in [0.15, 0.2) is 0 Å². The largest absolute Gasteiger partial charge is 0.494 e. The fraction of sp³-hybridized carbons (Fsp3) is 0.375. The van der Waals surface area contributed by atoms with E-state index in [-0.39, 0.29) is 0 Å². The van der Waals surface area contributed by atoms with Crippen molar-refractivity contribution in [1.29, 1.82) is 0 Å². The molecule has 3 aromatic rings.